The number of ether oxygens (including phenoxy) is 1. The molecule has 1 aromatic carbocycles. The van der Waals surface area contributed by atoms with Crippen LogP contribution in [0, 0.1) is 6.92 Å². The number of pyridine rings is 1. The molecule has 0 aliphatic carbocycles. The molecule has 0 amide bonds. The van der Waals surface area contributed by atoms with Gasteiger partial charge in [0.2, 0.25) is 0 Å². The van der Waals surface area contributed by atoms with Crippen molar-refractivity contribution in [3.05, 3.63) is 75.7 Å². The number of nitrogens with one attached hydrogen (secondary N) is 1. The first-order valence-corrected chi connectivity index (χ1v) is 12.1. The van der Waals surface area contributed by atoms with Crippen LogP contribution in [0.3, 0.4) is 0 Å². The van der Waals surface area contributed by atoms with Crippen LogP contribution in [0.4, 0.5) is 0 Å². The largest absolute Gasteiger partial charge is 0.468 e. The van der Waals surface area contributed by atoms with Crippen LogP contribution in [0.2, 0.25) is 0 Å². The highest BCUT2D eigenvalue weighted by Gasteiger charge is 2.35. The lowest BCUT2D eigenvalue weighted by Crippen LogP contribution is -2.40. The van der Waals surface area contributed by atoms with Crippen LogP contribution < -0.4 is 5.56 Å². The summed E-state index contributed by atoms with van der Waals surface area (Å²) in [6.07, 6.45) is 3.73. The molecular formula is C26H32N6O3. The van der Waals surface area contributed by atoms with Gasteiger partial charge in [0.15, 0.2) is 5.82 Å². The van der Waals surface area contributed by atoms with Gasteiger partial charge < -0.3 is 14.1 Å². The van der Waals surface area contributed by atoms with Crippen LogP contribution in [0.1, 0.15) is 62.4 Å². The van der Waals surface area contributed by atoms with E-state index in [2.05, 4.69) is 52.2 Å². The predicted molar refractivity (Wildman–Crippen MR) is 132 cm³/mol. The normalized spacial score (nSPS) is 17.5. The zero-order valence-corrected chi connectivity index (χ0v) is 20.7. The number of furan rings is 1. The summed E-state index contributed by atoms with van der Waals surface area (Å²) in [5.41, 5.74) is 1.98. The third-order valence-electron chi connectivity index (χ3n) is 6.46. The van der Waals surface area contributed by atoms with Crippen LogP contribution in [-0.4, -0.2) is 49.3 Å². The number of hydrogen-bond donors (Lipinski definition) is 1. The molecule has 35 heavy (non-hydrogen) atoms. The summed E-state index contributed by atoms with van der Waals surface area (Å²) in [6, 6.07) is 11.3. The first kappa shape index (κ1) is 23.4. The third kappa shape index (κ3) is 4.92. The van der Waals surface area contributed by atoms with Gasteiger partial charge in [-0.15, -0.1) is 5.10 Å². The van der Waals surface area contributed by atoms with E-state index in [9.17, 15) is 4.79 Å². The quantitative estimate of drug-likeness (QED) is 0.431. The van der Waals surface area contributed by atoms with Gasteiger partial charge in [-0.3, -0.25) is 9.69 Å². The Bertz CT molecular complexity index is 1350. The Kier molecular flexibility index (Phi) is 6.29. The molecular weight excluding hydrogens is 444 g/mol. The van der Waals surface area contributed by atoms with Gasteiger partial charge in [-0.2, -0.15) is 0 Å². The molecule has 0 spiro atoms. The second-order valence-electron chi connectivity index (χ2n) is 10.3. The number of H-pyrrole nitrogens is 1. The minimum Gasteiger partial charge on any atom is -0.468 e. The molecule has 4 aromatic rings. The predicted octanol–water partition coefficient (Wildman–Crippen LogP) is 3.94. The summed E-state index contributed by atoms with van der Waals surface area (Å²) >= 11 is 0. The number of rotatable bonds is 7. The number of fused-ring (bicyclic) bond motifs is 1. The zero-order valence-electron chi connectivity index (χ0n) is 20.7. The number of aromatic nitrogens is 5. The van der Waals surface area contributed by atoms with E-state index < -0.39 is 6.04 Å². The van der Waals surface area contributed by atoms with Crippen LogP contribution >= 0.6 is 0 Å². The van der Waals surface area contributed by atoms with Gasteiger partial charge in [0, 0.05) is 24.2 Å². The molecule has 0 unspecified atom stereocenters. The fourth-order valence-corrected chi connectivity index (χ4v) is 4.80. The van der Waals surface area contributed by atoms with Gasteiger partial charge in [0.05, 0.1) is 24.5 Å². The summed E-state index contributed by atoms with van der Waals surface area (Å²) in [4.78, 5) is 18.8. The maximum atomic E-state index is 13.5. The van der Waals surface area contributed by atoms with Crippen LogP contribution in [0.5, 0.6) is 0 Å². The Morgan fingerprint density at radius 3 is 2.83 bits per heavy atom. The average Bonchev–Trinajstić information content (AvgIpc) is 3.57. The van der Waals surface area contributed by atoms with Gasteiger partial charge in [0.1, 0.15) is 11.8 Å². The van der Waals surface area contributed by atoms with Crippen molar-refractivity contribution in [3.8, 4) is 0 Å². The van der Waals surface area contributed by atoms with Crippen molar-refractivity contribution in [1.82, 2.24) is 30.1 Å². The lowest BCUT2D eigenvalue weighted by atomic mass is 10.0. The van der Waals surface area contributed by atoms with Gasteiger partial charge >= 0.3 is 0 Å². The lowest BCUT2D eigenvalue weighted by Gasteiger charge is -2.33. The molecule has 2 atom stereocenters. The zero-order chi connectivity index (χ0) is 24.6. The van der Waals surface area contributed by atoms with E-state index in [1.807, 2.05) is 41.9 Å². The topological polar surface area (TPSA) is 102 Å². The van der Waals surface area contributed by atoms with Crippen LogP contribution in [-0.2, 0) is 16.8 Å². The molecule has 5 rings (SSSR count). The summed E-state index contributed by atoms with van der Waals surface area (Å²) < 4.78 is 13.5. The van der Waals surface area contributed by atoms with E-state index in [0.717, 1.165) is 41.7 Å². The SMILES string of the molecule is Cc1ccc2[nH]c(=O)c([C@@H](c3nnnn3C(C)(C)C)N(Cc3ccco3)C[C@H]3CCCO3)cc2c1. The molecule has 3 aromatic heterocycles. The van der Waals surface area contributed by atoms with Crippen molar-refractivity contribution >= 4 is 10.9 Å². The first-order chi connectivity index (χ1) is 16.8. The number of benzene rings is 1. The molecule has 1 saturated heterocycles. The Morgan fingerprint density at radius 2 is 2.11 bits per heavy atom. The van der Waals surface area contributed by atoms with E-state index in [-0.39, 0.29) is 17.2 Å². The fraction of sp³-hybridized carbons (Fsp3) is 0.462. The number of aryl methyl sites for hydroxylation is 1. The van der Waals surface area contributed by atoms with E-state index in [1.165, 1.54) is 0 Å². The van der Waals surface area contributed by atoms with Crippen molar-refractivity contribution in [2.45, 2.75) is 64.8 Å². The molecule has 184 valence electrons. The van der Waals surface area contributed by atoms with E-state index >= 15 is 0 Å². The maximum absolute atomic E-state index is 13.5. The van der Waals surface area contributed by atoms with Crippen molar-refractivity contribution in [1.29, 1.82) is 0 Å². The number of nitrogens with zero attached hydrogens (tertiary/aromatic N) is 5. The summed E-state index contributed by atoms with van der Waals surface area (Å²) in [5.74, 6) is 1.41. The Morgan fingerprint density at radius 1 is 1.26 bits per heavy atom. The molecule has 0 radical (unpaired) electrons. The van der Waals surface area contributed by atoms with E-state index in [1.54, 1.807) is 6.26 Å². The second-order valence-corrected chi connectivity index (χ2v) is 10.3. The lowest BCUT2D eigenvalue weighted by molar-refractivity contribution is 0.0536. The minimum atomic E-state index is -0.507. The summed E-state index contributed by atoms with van der Waals surface area (Å²) in [7, 11) is 0. The Hall–Kier alpha value is -3.30. The van der Waals surface area contributed by atoms with Gasteiger partial charge in [-0.25, -0.2) is 4.68 Å². The Labute approximate surface area is 204 Å². The number of aromatic amines is 1. The van der Waals surface area contributed by atoms with Crippen molar-refractivity contribution in [3.63, 3.8) is 0 Å². The Balaban J connectivity index is 1.69. The standard InChI is InChI=1S/C26H32N6O3/c1-17-9-10-22-18(13-17)14-21(25(33)27-22)23(24-28-29-30-32(24)26(2,3)4)31(15-19-7-5-11-34-19)16-20-8-6-12-35-20/h5,7,9-11,13-14,20,23H,6,8,12,15-16H2,1-4H3,(H,27,33)/t20-,23+/m1/s1. The fourth-order valence-electron chi connectivity index (χ4n) is 4.80. The molecule has 4 heterocycles. The smallest absolute Gasteiger partial charge is 0.253 e. The van der Waals surface area contributed by atoms with E-state index in [0.29, 0.717) is 24.5 Å². The van der Waals surface area contributed by atoms with Crippen molar-refractivity contribution in [2.75, 3.05) is 13.2 Å². The summed E-state index contributed by atoms with van der Waals surface area (Å²) in [5, 5.41) is 13.8. The second kappa shape index (κ2) is 9.39. The highest BCUT2D eigenvalue weighted by molar-refractivity contribution is 5.79. The monoisotopic (exact) mass is 476 g/mol. The molecule has 1 fully saturated rings. The molecule has 0 saturated carbocycles. The van der Waals surface area contributed by atoms with Crippen LogP contribution in [0.25, 0.3) is 10.9 Å². The highest BCUT2D eigenvalue weighted by Crippen LogP contribution is 2.32. The molecule has 9 heteroatoms. The van der Waals surface area contributed by atoms with Crippen LogP contribution in [0.15, 0.2) is 51.9 Å². The molecule has 1 N–H and O–H groups in total. The van der Waals surface area contributed by atoms with Crippen molar-refractivity contribution < 1.29 is 9.15 Å². The number of tetrazole rings is 1. The first-order valence-electron chi connectivity index (χ1n) is 12.1. The third-order valence-corrected chi connectivity index (χ3v) is 6.46. The average molecular weight is 477 g/mol. The van der Waals surface area contributed by atoms with Gasteiger partial charge in [0.25, 0.3) is 5.56 Å². The molecule has 1 aliphatic heterocycles. The number of hydrogen-bond acceptors (Lipinski definition) is 7. The van der Waals surface area contributed by atoms with Gasteiger partial charge in [-0.05, 0) is 86.7 Å². The minimum absolute atomic E-state index is 0.0632. The molecule has 0 bridgehead atoms. The maximum Gasteiger partial charge on any atom is 0.253 e. The van der Waals surface area contributed by atoms with Gasteiger partial charge in [-0.1, -0.05) is 11.6 Å². The van der Waals surface area contributed by atoms with Crippen molar-refractivity contribution in [2.24, 2.45) is 0 Å². The molecule has 1 aliphatic rings. The molecule has 9 nitrogen and oxygen atoms in total. The highest BCUT2D eigenvalue weighted by atomic mass is 16.5. The van der Waals surface area contributed by atoms with E-state index in [4.69, 9.17) is 9.15 Å². The summed E-state index contributed by atoms with van der Waals surface area (Å²) in [6.45, 7) is 10.0.